The van der Waals surface area contributed by atoms with Gasteiger partial charge in [0.15, 0.2) is 0 Å². The molecule has 3 aromatic rings. The predicted molar refractivity (Wildman–Crippen MR) is 137 cm³/mol. The Morgan fingerprint density at radius 3 is 2.64 bits per heavy atom. The molecule has 5 atom stereocenters. The van der Waals surface area contributed by atoms with E-state index in [0.717, 1.165) is 16.8 Å². The molecule has 2 N–H and O–H groups in total. The van der Waals surface area contributed by atoms with Gasteiger partial charge >= 0.3 is 0 Å². The molecule has 36 heavy (non-hydrogen) atoms. The van der Waals surface area contributed by atoms with Crippen molar-refractivity contribution in [2.24, 2.45) is 11.8 Å². The quantitative estimate of drug-likeness (QED) is 0.534. The lowest BCUT2D eigenvalue weighted by Crippen LogP contribution is -2.46. The van der Waals surface area contributed by atoms with Gasteiger partial charge in [0.2, 0.25) is 5.91 Å². The Bertz CT molecular complexity index is 1310. The van der Waals surface area contributed by atoms with Crippen molar-refractivity contribution in [2.75, 3.05) is 6.61 Å². The van der Waals surface area contributed by atoms with Crippen LogP contribution in [-0.4, -0.2) is 43.1 Å². The number of benzene rings is 1. The Kier molecular flexibility index (Phi) is 6.80. The fourth-order valence-corrected chi connectivity index (χ4v) is 5.82. The molecule has 2 aliphatic rings. The summed E-state index contributed by atoms with van der Waals surface area (Å²) in [5, 5.41) is 13.7. The Hall–Kier alpha value is -3.62. The summed E-state index contributed by atoms with van der Waals surface area (Å²) in [6.07, 6.45) is 8.68. The molecule has 8 heteroatoms. The lowest BCUT2D eigenvalue weighted by Gasteiger charge is -2.38. The zero-order valence-electron chi connectivity index (χ0n) is 20.5. The molecular weight excluding hydrogens is 454 g/mol. The molecule has 5 rings (SSSR count). The maximum absolute atomic E-state index is 13.8. The Morgan fingerprint density at radius 1 is 1.19 bits per heavy atom. The summed E-state index contributed by atoms with van der Waals surface area (Å²) < 4.78 is 1.79. The highest BCUT2D eigenvalue weighted by atomic mass is 16.3. The monoisotopic (exact) mass is 485 g/mol. The molecule has 2 aliphatic heterocycles. The number of carbonyl (C=O) groups excluding carboxylic acids is 1. The van der Waals surface area contributed by atoms with Gasteiger partial charge in [-0.05, 0) is 31.5 Å². The van der Waals surface area contributed by atoms with Gasteiger partial charge in [-0.25, -0.2) is 9.97 Å². The molecule has 0 spiro atoms. The Morgan fingerprint density at radius 2 is 1.94 bits per heavy atom. The van der Waals surface area contributed by atoms with Crippen LogP contribution in [0.3, 0.4) is 0 Å². The van der Waals surface area contributed by atoms with Crippen molar-refractivity contribution in [1.29, 1.82) is 0 Å². The Labute approximate surface area is 210 Å². The number of fused-ring (bicyclic) bond motifs is 4. The van der Waals surface area contributed by atoms with Crippen LogP contribution < -0.4 is 10.9 Å². The van der Waals surface area contributed by atoms with Gasteiger partial charge in [-0.2, -0.15) is 0 Å². The topological polar surface area (TPSA) is 100 Å². The van der Waals surface area contributed by atoms with Crippen LogP contribution in [0.5, 0.6) is 0 Å². The van der Waals surface area contributed by atoms with Crippen molar-refractivity contribution >= 4 is 12.0 Å². The van der Waals surface area contributed by atoms with Crippen molar-refractivity contribution in [3.8, 4) is 0 Å². The van der Waals surface area contributed by atoms with Crippen LogP contribution in [0.4, 0.5) is 0 Å². The second kappa shape index (κ2) is 10.2. The third kappa shape index (κ3) is 4.27. The molecular formula is C28H31N5O3. The summed E-state index contributed by atoms with van der Waals surface area (Å²) >= 11 is 0. The number of pyridine rings is 1. The van der Waals surface area contributed by atoms with E-state index in [2.05, 4.69) is 20.2 Å². The van der Waals surface area contributed by atoms with E-state index in [9.17, 15) is 14.7 Å². The fraction of sp³-hybridized carbons (Fsp3) is 0.357. The number of hydrogen-bond donors (Lipinski definition) is 2. The van der Waals surface area contributed by atoms with E-state index in [1.807, 2.05) is 62.4 Å². The van der Waals surface area contributed by atoms with Crippen molar-refractivity contribution < 1.29 is 9.90 Å². The first-order chi connectivity index (χ1) is 17.5. The molecule has 8 nitrogen and oxygen atoms in total. The number of hydrogen-bond acceptors (Lipinski definition) is 6. The maximum Gasteiger partial charge on any atom is 0.258 e. The molecule has 1 fully saturated rings. The minimum Gasteiger partial charge on any atom is -0.396 e. The molecule has 2 bridgehead atoms. The highest BCUT2D eigenvalue weighted by Gasteiger charge is 2.55. The minimum absolute atomic E-state index is 0.0707. The van der Waals surface area contributed by atoms with Gasteiger partial charge < -0.3 is 15.0 Å². The van der Waals surface area contributed by atoms with E-state index in [1.54, 1.807) is 23.0 Å². The molecule has 186 valence electrons. The molecule has 1 saturated heterocycles. The largest absolute Gasteiger partial charge is 0.396 e. The summed E-state index contributed by atoms with van der Waals surface area (Å²) in [4.78, 5) is 37.7. The third-order valence-corrected chi connectivity index (χ3v) is 7.49. The van der Waals surface area contributed by atoms with Crippen LogP contribution in [-0.2, 0) is 17.9 Å². The van der Waals surface area contributed by atoms with E-state index in [0.29, 0.717) is 18.7 Å². The van der Waals surface area contributed by atoms with Crippen LogP contribution in [0.25, 0.3) is 6.08 Å². The van der Waals surface area contributed by atoms with Gasteiger partial charge in [-0.3, -0.25) is 14.5 Å². The van der Waals surface area contributed by atoms with Gasteiger partial charge in [-0.1, -0.05) is 42.5 Å². The molecule has 0 radical (unpaired) electrons. The van der Waals surface area contributed by atoms with Gasteiger partial charge in [0.25, 0.3) is 5.56 Å². The van der Waals surface area contributed by atoms with Gasteiger partial charge in [0.1, 0.15) is 6.33 Å². The molecule has 1 amide bonds. The second-order valence-electron chi connectivity index (χ2n) is 9.57. The number of aliphatic hydroxyl groups excluding tert-OH is 1. The zero-order chi connectivity index (χ0) is 25.2. The summed E-state index contributed by atoms with van der Waals surface area (Å²) in [7, 11) is 0. The van der Waals surface area contributed by atoms with Crippen molar-refractivity contribution in [1.82, 2.24) is 24.8 Å². The molecule has 1 aromatic carbocycles. The van der Waals surface area contributed by atoms with E-state index in [-0.39, 0.29) is 42.1 Å². The van der Waals surface area contributed by atoms with Crippen molar-refractivity contribution in [3.05, 3.63) is 100.0 Å². The molecule has 0 unspecified atom stereocenters. The fourth-order valence-electron chi connectivity index (χ4n) is 5.82. The SMILES string of the molecule is C/C=C\c1ccc2n(c1=O)C[C@@H]1[C@@H](CO)[C@H](C(=O)N[C@@H](C)c3ccccc3)[C@H]2N1Cc1cncnc1. The van der Waals surface area contributed by atoms with E-state index in [4.69, 9.17) is 0 Å². The first-order valence-electron chi connectivity index (χ1n) is 12.4. The zero-order valence-corrected chi connectivity index (χ0v) is 20.5. The number of aliphatic hydroxyl groups is 1. The van der Waals surface area contributed by atoms with Crippen LogP contribution >= 0.6 is 0 Å². The first kappa shape index (κ1) is 24.1. The molecule has 4 heterocycles. The summed E-state index contributed by atoms with van der Waals surface area (Å²) in [6, 6.07) is 12.9. The minimum atomic E-state index is -0.517. The van der Waals surface area contributed by atoms with Crippen LogP contribution in [0, 0.1) is 11.8 Å². The second-order valence-corrected chi connectivity index (χ2v) is 9.57. The molecule has 2 aromatic heterocycles. The van der Waals surface area contributed by atoms with Crippen molar-refractivity contribution in [3.63, 3.8) is 0 Å². The summed E-state index contributed by atoms with van der Waals surface area (Å²) in [5.74, 6) is -0.964. The number of amides is 1. The molecule has 0 saturated carbocycles. The highest BCUT2D eigenvalue weighted by molar-refractivity contribution is 5.81. The number of carbonyl (C=O) groups is 1. The normalized spacial score (nSPS) is 24.0. The summed E-state index contributed by atoms with van der Waals surface area (Å²) in [5.41, 5.74) is 3.27. The number of nitrogens with zero attached hydrogens (tertiary/aromatic N) is 4. The summed E-state index contributed by atoms with van der Waals surface area (Å²) in [6.45, 7) is 4.63. The Balaban J connectivity index is 1.55. The number of nitrogens with one attached hydrogen (secondary N) is 1. The van der Waals surface area contributed by atoms with Gasteiger partial charge in [0.05, 0.1) is 18.0 Å². The highest BCUT2D eigenvalue weighted by Crippen LogP contribution is 2.49. The van der Waals surface area contributed by atoms with E-state index in [1.165, 1.54) is 6.33 Å². The first-order valence-corrected chi connectivity index (χ1v) is 12.4. The smallest absolute Gasteiger partial charge is 0.258 e. The van der Waals surface area contributed by atoms with Crippen LogP contribution in [0.2, 0.25) is 0 Å². The molecule has 0 aliphatic carbocycles. The lowest BCUT2D eigenvalue weighted by molar-refractivity contribution is -0.128. The standard InChI is InChI=1S/C28H31N5O3/c1-3-7-21-10-11-23-26-25(27(35)31-18(2)20-8-5-4-6-9-20)22(16-34)24(15-33(23)28(21)36)32(26)14-19-12-29-17-30-13-19/h3-13,17-18,22,24-26,34H,14-16H2,1-2H3,(H,31,35)/b7-3-/t18-,22+,24+,25-,26-/m0/s1. The average Bonchev–Trinajstić information content (AvgIpc) is 3.10. The van der Waals surface area contributed by atoms with Gasteiger partial charge in [0, 0.05) is 60.9 Å². The number of aromatic nitrogens is 3. The van der Waals surface area contributed by atoms with Gasteiger partial charge in [-0.15, -0.1) is 0 Å². The number of rotatable bonds is 7. The number of allylic oxidation sites excluding steroid dienone is 1. The third-order valence-electron chi connectivity index (χ3n) is 7.49. The predicted octanol–water partition coefficient (Wildman–Crippen LogP) is 2.71. The lowest BCUT2D eigenvalue weighted by atomic mass is 9.86. The van der Waals surface area contributed by atoms with Crippen LogP contribution in [0.15, 0.2) is 72.1 Å². The van der Waals surface area contributed by atoms with E-state index >= 15 is 0 Å². The maximum atomic E-state index is 13.8. The van der Waals surface area contributed by atoms with Crippen molar-refractivity contribution in [2.45, 2.75) is 45.1 Å². The van der Waals surface area contributed by atoms with Crippen LogP contribution in [0.1, 0.15) is 48.3 Å². The van der Waals surface area contributed by atoms with E-state index < -0.39 is 5.92 Å². The average molecular weight is 486 g/mol.